The number of hydrogen-bond donors (Lipinski definition) is 0. The number of benzene rings is 2. The van der Waals surface area contributed by atoms with Crippen LogP contribution < -0.4 is 9.64 Å². The van der Waals surface area contributed by atoms with Crippen LogP contribution in [0.4, 0.5) is 10.8 Å². The van der Waals surface area contributed by atoms with E-state index in [4.69, 9.17) is 18.9 Å². The van der Waals surface area contributed by atoms with Gasteiger partial charge < -0.3 is 18.8 Å². The van der Waals surface area contributed by atoms with Crippen LogP contribution in [0, 0.1) is 0 Å². The Balaban J connectivity index is 1.30. The largest absolute Gasteiger partial charge is 0.486 e. The molecule has 4 heterocycles. The van der Waals surface area contributed by atoms with Gasteiger partial charge in [0.2, 0.25) is 0 Å². The lowest BCUT2D eigenvalue weighted by Crippen LogP contribution is -2.56. The number of carbonyl (C=O) groups is 1. The van der Waals surface area contributed by atoms with Gasteiger partial charge in [-0.05, 0) is 62.8 Å². The minimum Gasteiger partial charge on any atom is -0.486 e. The SMILES string of the molecule is CC(C)(C)OC(=O)N1C2CCC1CN(c1nc3c(OCc4ccccc4)ccc(-c4ncns4)c3o1)C2. The van der Waals surface area contributed by atoms with Crippen LogP contribution in [0.25, 0.3) is 21.7 Å². The third-order valence-corrected chi connectivity index (χ3v) is 7.38. The van der Waals surface area contributed by atoms with Gasteiger partial charge in [-0.1, -0.05) is 30.3 Å². The number of piperazine rings is 1. The third kappa shape index (κ3) is 4.73. The highest BCUT2D eigenvalue weighted by Gasteiger charge is 2.45. The van der Waals surface area contributed by atoms with Crippen LogP contribution >= 0.6 is 11.5 Å². The Morgan fingerprint density at radius 2 is 1.86 bits per heavy atom. The predicted octanol–water partition coefficient (Wildman–Crippen LogP) is 5.51. The van der Waals surface area contributed by atoms with Gasteiger partial charge in [0.1, 0.15) is 29.3 Å². The van der Waals surface area contributed by atoms with Crippen LogP contribution in [0.15, 0.2) is 53.2 Å². The van der Waals surface area contributed by atoms with Gasteiger partial charge in [0, 0.05) is 13.1 Å². The molecule has 2 atom stereocenters. The van der Waals surface area contributed by atoms with Crippen molar-refractivity contribution in [2.75, 3.05) is 18.0 Å². The minimum atomic E-state index is -0.523. The number of rotatable bonds is 5. The number of ether oxygens (including phenoxy) is 2. The van der Waals surface area contributed by atoms with Crippen molar-refractivity contribution in [1.82, 2.24) is 19.2 Å². The summed E-state index contributed by atoms with van der Waals surface area (Å²) >= 11 is 1.31. The van der Waals surface area contributed by atoms with E-state index >= 15 is 0 Å². The van der Waals surface area contributed by atoms with Gasteiger partial charge in [0.05, 0.1) is 17.6 Å². The van der Waals surface area contributed by atoms with Gasteiger partial charge in [-0.2, -0.15) is 9.36 Å². The summed E-state index contributed by atoms with van der Waals surface area (Å²) in [5, 5.41) is 0.761. The molecule has 2 aromatic carbocycles. The van der Waals surface area contributed by atoms with Crippen LogP contribution in [-0.4, -0.2) is 56.1 Å². The second-order valence-corrected chi connectivity index (χ2v) is 11.3. The number of hydrogen-bond acceptors (Lipinski definition) is 9. The molecule has 0 N–H and O–H groups in total. The van der Waals surface area contributed by atoms with Gasteiger partial charge in [-0.3, -0.25) is 4.90 Å². The third-order valence-electron chi connectivity index (χ3n) is 6.68. The molecule has 0 aliphatic carbocycles. The maximum absolute atomic E-state index is 12.9. The summed E-state index contributed by atoms with van der Waals surface area (Å²) in [7, 11) is 0. The van der Waals surface area contributed by atoms with Gasteiger partial charge in [-0.15, -0.1) is 0 Å². The second kappa shape index (κ2) is 9.33. The van der Waals surface area contributed by atoms with E-state index in [1.54, 1.807) is 0 Å². The van der Waals surface area contributed by atoms with E-state index in [-0.39, 0.29) is 18.2 Å². The summed E-state index contributed by atoms with van der Waals surface area (Å²) in [5.74, 6) is 0.650. The Labute approximate surface area is 219 Å². The van der Waals surface area contributed by atoms with E-state index in [2.05, 4.69) is 14.3 Å². The maximum atomic E-state index is 12.9. The summed E-state index contributed by atoms with van der Waals surface area (Å²) in [4.78, 5) is 26.2. The zero-order valence-electron chi connectivity index (χ0n) is 21.1. The highest BCUT2D eigenvalue weighted by Crippen LogP contribution is 2.40. The monoisotopic (exact) mass is 519 g/mol. The molecule has 2 saturated heterocycles. The molecule has 0 saturated carbocycles. The molecule has 9 nitrogen and oxygen atoms in total. The van der Waals surface area contributed by atoms with Gasteiger partial charge >= 0.3 is 6.09 Å². The number of amides is 1. The smallest absolute Gasteiger partial charge is 0.410 e. The molecule has 2 fully saturated rings. The molecule has 2 aliphatic heterocycles. The predicted molar refractivity (Wildman–Crippen MR) is 141 cm³/mol. The van der Waals surface area contributed by atoms with Crippen LogP contribution in [-0.2, 0) is 11.3 Å². The molecule has 2 bridgehead atoms. The number of anilines is 1. The average molecular weight is 520 g/mol. The molecule has 0 radical (unpaired) electrons. The molecule has 2 aromatic heterocycles. The lowest BCUT2D eigenvalue weighted by Gasteiger charge is -2.40. The topological polar surface area (TPSA) is 93.8 Å². The van der Waals surface area contributed by atoms with Crippen LogP contribution in [0.3, 0.4) is 0 Å². The first-order valence-corrected chi connectivity index (χ1v) is 13.3. The highest BCUT2D eigenvalue weighted by molar-refractivity contribution is 7.09. The number of aromatic nitrogens is 3. The van der Waals surface area contributed by atoms with Crippen LogP contribution in [0.5, 0.6) is 5.75 Å². The molecular formula is C27H29N5O4S. The average Bonchev–Trinajstić information content (AvgIpc) is 3.61. The first kappa shape index (κ1) is 23.7. The molecule has 192 valence electrons. The van der Waals surface area contributed by atoms with Crippen LogP contribution in [0.1, 0.15) is 39.2 Å². The Kier molecular flexibility index (Phi) is 5.98. The molecule has 1 amide bonds. The van der Waals surface area contributed by atoms with Gasteiger partial charge in [0.15, 0.2) is 11.1 Å². The molecule has 10 heteroatoms. The van der Waals surface area contributed by atoms with Crippen molar-refractivity contribution in [3.05, 3.63) is 54.4 Å². The summed E-state index contributed by atoms with van der Waals surface area (Å²) < 4.78 is 22.4. The van der Waals surface area contributed by atoms with E-state index in [9.17, 15) is 4.79 Å². The van der Waals surface area contributed by atoms with E-state index in [1.165, 1.54) is 17.9 Å². The van der Waals surface area contributed by atoms with Gasteiger partial charge in [0.25, 0.3) is 6.01 Å². The Hall–Kier alpha value is -3.66. The van der Waals surface area contributed by atoms with E-state index < -0.39 is 5.60 Å². The molecule has 0 spiro atoms. The lowest BCUT2D eigenvalue weighted by atomic mass is 10.2. The Bertz CT molecular complexity index is 1390. The summed E-state index contributed by atoms with van der Waals surface area (Å²) in [6, 6.07) is 14.5. The van der Waals surface area contributed by atoms with Crippen molar-refractivity contribution in [3.63, 3.8) is 0 Å². The number of carbonyl (C=O) groups excluding carboxylic acids is 1. The lowest BCUT2D eigenvalue weighted by molar-refractivity contribution is 0.0120. The quantitative estimate of drug-likeness (QED) is 0.341. The fourth-order valence-electron chi connectivity index (χ4n) is 5.09. The molecule has 2 aliphatic rings. The second-order valence-electron chi connectivity index (χ2n) is 10.5. The number of nitrogens with zero attached hydrogens (tertiary/aromatic N) is 5. The van der Waals surface area contributed by atoms with Crippen molar-refractivity contribution in [2.45, 2.75) is 57.9 Å². The summed E-state index contributed by atoms with van der Waals surface area (Å²) in [5.41, 5.74) is 2.66. The molecular weight excluding hydrogens is 490 g/mol. The fraction of sp³-hybridized carbons (Fsp3) is 0.407. The maximum Gasteiger partial charge on any atom is 0.410 e. The first-order valence-electron chi connectivity index (χ1n) is 12.5. The Morgan fingerprint density at radius 1 is 1.11 bits per heavy atom. The Morgan fingerprint density at radius 3 is 2.54 bits per heavy atom. The van der Waals surface area contributed by atoms with Gasteiger partial charge in [-0.25, -0.2) is 9.78 Å². The van der Waals surface area contributed by atoms with Crippen molar-refractivity contribution in [2.24, 2.45) is 0 Å². The molecule has 4 aromatic rings. The normalized spacial score (nSPS) is 19.4. The molecule has 37 heavy (non-hydrogen) atoms. The number of fused-ring (bicyclic) bond motifs is 3. The zero-order valence-corrected chi connectivity index (χ0v) is 21.9. The molecule has 2 unspecified atom stereocenters. The zero-order chi connectivity index (χ0) is 25.6. The van der Waals surface area contributed by atoms with E-state index in [0.717, 1.165) is 29.0 Å². The molecule has 6 rings (SSSR count). The van der Waals surface area contributed by atoms with E-state index in [1.807, 2.05) is 68.1 Å². The fourth-order valence-corrected chi connectivity index (χ4v) is 5.64. The summed E-state index contributed by atoms with van der Waals surface area (Å²) in [6.45, 7) is 7.39. The number of oxazole rings is 1. The van der Waals surface area contributed by atoms with E-state index in [0.29, 0.717) is 42.6 Å². The standard InChI is InChI=1S/C27H29N5O4S/c1-27(2,3)36-26(33)32-18-9-10-19(32)14-31(13-18)25-30-22-21(34-15-17-7-5-4-6-8-17)12-11-20(23(22)35-25)24-28-16-29-37-24/h4-8,11-12,16,18-19H,9-10,13-15H2,1-3H3. The van der Waals surface area contributed by atoms with Crippen molar-refractivity contribution >= 4 is 34.7 Å². The van der Waals surface area contributed by atoms with Crippen molar-refractivity contribution < 1.29 is 18.7 Å². The summed E-state index contributed by atoms with van der Waals surface area (Å²) in [6.07, 6.45) is 3.16. The first-order chi connectivity index (χ1) is 17.9. The minimum absolute atomic E-state index is 0.0556. The van der Waals surface area contributed by atoms with Crippen molar-refractivity contribution in [3.8, 4) is 16.3 Å². The van der Waals surface area contributed by atoms with Crippen LogP contribution in [0.2, 0.25) is 0 Å². The highest BCUT2D eigenvalue weighted by atomic mass is 32.1. The van der Waals surface area contributed by atoms with Crippen molar-refractivity contribution in [1.29, 1.82) is 0 Å².